The van der Waals surface area contributed by atoms with Gasteiger partial charge >= 0.3 is 5.97 Å². The minimum Gasteiger partial charge on any atom is -0.480 e. The highest BCUT2D eigenvalue weighted by Crippen LogP contribution is 2.49. The molecular weight excluding hydrogens is 280 g/mol. The summed E-state index contributed by atoms with van der Waals surface area (Å²) in [6.45, 7) is 0.435. The van der Waals surface area contributed by atoms with Crippen LogP contribution in [0.1, 0.15) is 30.7 Å². The lowest BCUT2D eigenvalue weighted by Crippen LogP contribution is -2.41. The van der Waals surface area contributed by atoms with E-state index in [4.69, 9.17) is 5.11 Å². The monoisotopic (exact) mass is 295 g/mol. The normalized spacial score (nSPS) is 27.7. The molecule has 1 aromatic rings. The maximum atomic E-state index is 13.7. The second-order valence-electron chi connectivity index (χ2n) is 5.64. The van der Waals surface area contributed by atoms with Crippen molar-refractivity contribution in [1.82, 2.24) is 4.90 Å². The molecular formula is C15H15F2NO3. The first-order valence-electron chi connectivity index (χ1n) is 6.97. The molecule has 0 spiro atoms. The molecule has 21 heavy (non-hydrogen) atoms. The van der Waals surface area contributed by atoms with Gasteiger partial charge < -0.3 is 10.0 Å². The van der Waals surface area contributed by atoms with E-state index in [0.717, 1.165) is 6.07 Å². The molecule has 1 saturated heterocycles. The zero-order valence-corrected chi connectivity index (χ0v) is 11.3. The Labute approximate surface area is 120 Å². The number of rotatable bonds is 3. The molecule has 0 bridgehead atoms. The van der Waals surface area contributed by atoms with E-state index in [9.17, 15) is 18.4 Å². The quantitative estimate of drug-likeness (QED) is 0.929. The van der Waals surface area contributed by atoms with Gasteiger partial charge in [-0.15, -0.1) is 0 Å². The van der Waals surface area contributed by atoms with Crippen molar-refractivity contribution in [2.45, 2.75) is 31.2 Å². The molecule has 1 saturated carbocycles. The Hall–Kier alpha value is -1.98. The van der Waals surface area contributed by atoms with Gasteiger partial charge in [-0.1, -0.05) is 6.07 Å². The van der Waals surface area contributed by atoms with Crippen LogP contribution in [0.2, 0.25) is 0 Å². The van der Waals surface area contributed by atoms with Crippen molar-refractivity contribution in [1.29, 1.82) is 0 Å². The predicted molar refractivity (Wildman–Crippen MR) is 69.6 cm³/mol. The largest absolute Gasteiger partial charge is 0.480 e. The third-order valence-corrected chi connectivity index (χ3v) is 4.29. The van der Waals surface area contributed by atoms with Crippen molar-refractivity contribution in [2.75, 3.05) is 6.54 Å². The lowest BCUT2D eigenvalue weighted by atomic mass is 10.1. The summed E-state index contributed by atoms with van der Waals surface area (Å²) in [5.74, 6) is -3.17. The number of carbonyl (C=O) groups is 2. The highest BCUT2D eigenvalue weighted by Gasteiger charge is 2.49. The standard InChI is InChI=1S/C15H15F2NO3/c16-8-3-4-9(12(17)6-8)10-7-11(10)14(19)18-5-1-2-13(18)15(20)21/h3-4,6,10-11,13H,1-2,5,7H2,(H,20,21). The van der Waals surface area contributed by atoms with E-state index in [1.165, 1.54) is 17.0 Å². The molecule has 4 nitrogen and oxygen atoms in total. The fourth-order valence-electron chi connectivity index (χ4n) is 3.11. The Morgan fingerprint density at radius 1 is 1.29 bits per heavy atom. The molecule has 3 unspecified atom stereocenters. The van der Waals surface area contributed by atoms with Gasteiger partial charge in [-0.2, -0.15) is 0 Å². The first kappa shape index (κ1) is 14.0. The van der Waals surface area contributed by atoms with Gasteiger partial charge in [0, 0.05) is 18.5 Å². The SMILES string of the molecule is O=C(O)C1CCCN1C(=O)C1CC1c1ccc(F)cc1F. The summed E-state index contributed by atoms with van der Waals surface area (Å²) in [5.41, 5.74) is 0.334. The number of benzene rings is 1. The summed E-state index contributed by atoms with van der Waals surface area (Å²) in [5, 5.41) is 9.10. The summed E-state index contributed by atoms with van der Waals surface area (Å²) in [6, 6.07) is 2.58. The van der Waals surface area contributed by atoms with Crippen LogP contribution in [-0.2, 0) is 9.59 Å². The molecule has 2 aliphatic rings. The molecule has 6 heteroatoms. The summed E-state index contributed by atoms with van der Waals surface area (Å²) in [4.78, 5) is 24.8. The summed E-state index contributed by atoms with van der Waals surface area (Å²) in [7, 11) is 0. The number of halogens is 2. The third kappa shape index (κ3) is 2.50. The average molecular weight is 295 g/mol. The van der Waals surface area contributed by atoms with Crippen molar-refractivity contribution in [3.8, 4) is 0 Å². The van der Waals surface area contributed by atoms with Crippen LogP contribution in [0, 0.1) is 17.6 Å². The van der Waals surface area contributed by atoms with Gasteiger partial charge in [-0.3, -0.25) is 4.79 Å². The fraction of sp³-hybridized carbons (Fsp3) is 0.467. The topological polar surface area (TPSA) is 57.6 Å². The van der Waals surface area contributed by atoms with Crippen LogP contribution < -0.4 is 0 Å². The number of aliphatic carboxylic acids is 1. The van der Waals surface area contributed by atoms with Crippen LogP contribution >= 0.6 is 0 Å². The molecule has 1 aliphatic carbocycles. The molecule has 112 valence electrons. The van der Waals surface area contributed by atoms with E-state index < -0.39 is 23.6 Å². The molecule has 1 heterocycles. The Balaban J connectivity index is 1.72. The Morgan fingerprint density at radius 3 is 2.71 bits per heavy atom. The molecule has 0 radical (unpaired) electrons. The first-order chi connectivity index (χ1) is 9.99. The van der Waals surface area contributed by atoms with E-state index in [1.807, 2.05) is 0 Å². The molecule has 1 aromatic carbocycles. The van der Waals surface area contributed by atoms with E-state index in [1.54, 1.807) is 0 Å². The molecule has 1 aliphatic heterocycles. The van der Waals surface area contributed by atoms with Gasteiger partial charge in [-0.25, -0.2) is 13.6 Å². The van der Waals surface area contributed by atoms with Crippen molar-refractivity contribution in [2.24, 2.45) is 5.92 Å². The van der Waals surface area contributed by atoms with Gasteiger partial charge in [-0.05, 0) is 36.8 Å². The van der Waals surface area contributed by atoms with Crippen LogP contribution in [0.15, 0.2) is 18.2 Å². The van der Waals surface area contributed by atoms with Crippen molar-refractivity contribution >= 4 is 11.9 Å². The lowest BCUT2D eigenvalue weighted by Gasteiger charge is -2.21. The number of carboxylic acids is 1. The summed E-state index contributed by atoms with van der Waals surface area (Å²) >= 11 is 0. The minimum atomic E-state index is -0.994. The second-order valence-corrected chi connectivity index (χ2v) is 5.64. The van der Waals surface area contributed by atoms with Gasteiger partial charge in [0.2, 0.25) is 5.91 Å². The number of carboxylic acid groups (broad SMARTS) is 1. The van der Waals surface area contributed by atoms with Crippen LogP contribution in [0.25, 0.3) is 0 Å². The van der Waals surface area contributed by atoms with Crippen LogP contribution in [0.3, 0.4) is 0 Å². The highest BCUT2D eigenvalue weighted by molar-refractivity contribution is 5.88. The number of carbonyl (C=O) groups excluding carboxylic acids is 1. The number of hydrogen-bond donors (Lipinski definition) is 1. The maximum absolute atomic E-state index is 13.7. The van der Waals surface area contributed by atoms with Crippen LogP contribution in [0.4, 0.5) is 8.78 Å². The number of nitrogens with zero attached hydrogens (tertiary/aromatic N) is 1. The average Bonchev–Trinajstić information content (AvgIpc) is 3.04. The van der Waals surface area contributed by atoms with Crippen LogP contribution in [0.5, 0.6) is 0 Å². The summed E-state index contributed by atoms with van der Waals surface area (Å²) < 4.78 is 26.6. The van der Waals surface area contributed by atoms with Crippen molar-refractivity contribution < 1.29 is 23.5 Å². The van der Waals surface area contributed by atoms with Crippen molar-refractivity contribution in [3.05, 3.63) is 35.4 Å². The van der Waals surface area contributed by atoms with Gasteiger partial charge in [0.25, 0.3) is 0 Å². The number of likely N-dealkylation sites (tertiary alicyclic amines) is 1. The predicted octanol–water partition coefficient (Wildman–Crippen LogP) is 2.14. The molecule has 3 atom stereocenters. The van der Waals surface area contributed by atoms with E-state index in [2.05, 4.69) is 0 Å². The fourth-order valence-corrected chi connectivity index (χ4v) is 3.11. The maximum Gasteiger partial charge on any atom is 0.326 e. The lowest BCUT2D eigenvalue weighted by molar-refractivity contribution is -0.148. The highest BCUT2D eigenvalue weighted by atomic mass is 19.1. The second kappa shape index (κ2) is 5.09. The van der Waals surface area contributed by atoms with Gasteiger partial charge in [0.15, 0.2) is 0 Å². The number of hydrogen-bond acceptors (Lipinski definition) is 2. The van der Waals surface area contributed by atoms with E-state index >= 15 is 0 Å². The minimum absolute atomic E-state index is 0.228. The molecule has 3 rings (SSSR count). The van der Waals surface area contributed by atoms with Crippen LogP contribution in [-0.4, -0.2) is 34.5 Å². The molecule has 0 aromatic heterocycles. The molecule has 2 fully saturated rings. The smallest absolute Gasteiger partial charge is 0.326 e. The van der Waals surface area contributed by atoms with Gasteiger partial charge in [0.1, 0.15) is 17.7 Å². The van der Waals surface area contributed by atoms with Crippen molar-refractivity contribution in [3.63, 3.8) is 0 Å². The Bertz CT molecular complexity index is 605. The Kier molecular flexibility index (Phi) is 3.39. The zero-order chi connectivity index (χ0) is 15.1. The Morgan fingerprint density at radius 2 is 2.05 bits per heavy atom. The zero-order valence-electron chi connectivity index (χ0n) is 11.3. The van der Waals surface area contributed by atoms with E-state index in [0.29, 0.717) is 31.4 Å². The molecule has 1 N–H and O–H groups in total. The summed E-state index contributed by atoms with van der Waals surface area (Å²) in [6.07, 6.45) is 1.62. The van der Waals surface area contributed by atoms with Gasteiger partial charge in [0.05, 0.1) is 0 Å². The van der Waals surface area contributed by atoms with E-state index in [-0.39, 0.29) is 17.7 Å². The first-order valence-corrected chi connectivity index (χ1v) is 6.97. The molecule has 1 amide bonds. The number of amides is 1. The third-order valence-electron chi connectivity index (χ3n) is 4.29.